The Balaban J connectivity index is 1.98. The van der Waals surface area contributed by atoms with Crippen LogP contribution in [0.1, 0.15) is 13.3 Å². The zero-order valence-electron chi connectivity index (χ0n) is 8.16. The van der Waals surface area contributed by atoms with Crippen molar-refractivity contribution in [2.24, 2.45) is 0 Å². The first-order valence-corrected chi connectivity index (χ1v) is 4.91. The Kier molecular flexibility index (Phi) is 5.31. The van der Waals surface area contributed by atoms with Gasteiger partial charge >= 0.3 is 0 Å². The smallest absolute Gasteiger partial charge is 0.0933 e. The molecular weight excluding hydrogens is 170 g/mol. The van der Waals surface area contributed by atoms with Crippen molar-refractivity contribution in [3.8, 4) is 0 Å². The maximum atomic E-state index is 9.21. The molecule has 2 unspecified atom stereocenters. The molecule has 1 aliphatic rings. The summed E-state index contributed by atoms with van der Waals surface area (Å²) >= 11 is 0. The van der Waals surface area contributed by atoms with Gasteiger partial charge in [-0.3, -0.25) is 0 Å². The highest BCUT2D eigenvalue weighted by atomic mass is 16.5. The van der Waals surface area contributed by atoms with Gasteiger partial charge in [-0.2, -0.15) is 0 Å². The molecule has 1 fully saturated rings. The molecule has 4 nitrogen and oxygen atoms in total. The molecule has 1 saturated heterocycles. The van der Waals surface area contributed by atoms with E-state index in [1.165, 1.54) is 0 Å². The van der Waals surface area contributed by atoms with Crippen LogP contribution in [-0.2, 0) is 9.47 Å². The Morgan fingerprint density at radius 2 is 2.54 bits per heavy atom. The average molecular weight is 189 g/mol. The number of rotatable bonds is 5. The van der Waals surface area contributed by atoms with Crippen LogP contribution in [0.15, 0.2) is 0 Å². The maximum Gasteiger partial charge on any atom is 0.0933 e. The standard InChI is InChI=1S/C9H19NO3/c1-2-8(11)6-12-7-9-5-10-3-4-13-9/h8-11H,2-7H2,1H3. The minimum Gasteiger partial charge on any atom is -0.391 e. The number of aliphatic hydroxyl groups is 1. The molecule has 0 aromatic carbocycles. The normalized spacial score (nSPS) is 25.8. The Morgan fingerprint density at radius 3 is 3.15 bits per heavy atom. The molecule has 0 saturated carbocycles. The van der Waals surface area contributed by atoms with Crippen LogP contribution in [0.25, 0.3) is 0 Å². The Morgan fingerprint density at radius 1 is 1.69 bits per heavy atom. The summed E-state index contributed by atoms with van der Waals surface area (Å²) in [7, 11) is 0. The van der Waals surface area contributed by atoms with Crippen LogP contribution in [-0.4, -0.2) is 50.2 Å². The first-order valence-electron chi connectivity index (χ1n) is 4.91. The predicted octanol–water partition coefficient (Wildman–Crippen LogP) is -0.238. The van der Waals surface area contributed by atoms with E-state index in [4.69, 9.17) is 9.47 Å². The largest absolute Gasteiger partial charge is 0.391 e. The molecule has 0 bridgehead atoms. The number of aliphatic hydroxyl groups excluding tert-OH is 1. The Hall–Kier alpha value is -0.160. The van der Waals surface area contributed by atoms with Crippen molar-refractivity contribution < 1.29 is 14.6 Å². The van der Waals surface area contributed by atoms with Crippen molar-refractivity contribution in [3.63, 3.8) is 0 Å². The fraction of sp³-hybridized carbons (Fsp3) is 1.00. The second-order valence-electron chi connectivity index (χ2n) is 3.30. The highest BCUT2D eigenvalue weighted by Crippen LogP contribution is 1.98. The summed E-state index contributed by atoms with van der Waals surface area (Å²) in [5.41, 5.74) is 0. The van der Waals surface area contributed by atoms with Gasteiger partial charge in [0.05, 0.1) is 32.0 Å². The van der Waals surface area contributed by atoms with Crippen molar-refractivity contribution in [2.75, 3.05) is 32.9 Å². The van der Waals surface area contributed by atoms with E-state index < -0.39 is 0 Å². The van der Waals surface area contributed by atoms with E-state index in [0.29, 0.717) is 13.2 Å². The molecule has 0 aromatic rings. The first kappa shape index (κ1) is 10.9. The Bertz CT molecular complexity index is 126. The number of hydrogen-bond donors (Lipinski definition) is 2. The number of morpholine rings is 1. The van der Waals surface area contributed by atoms with Gasteiger partial charge in [-0.1, -0.05) is 6.92 Å². The van der Waals surface area contributed by atoms with Crippen molar-refractivity contribution >= 4 is 0 Å². The van der Waals surface area contributed by atoms with Gasteiger partial charge in [-0.05, 0) is 6.42 Å². The van der Waals surface area contributed by atoms with Gasteiger partial charge in [-0.25, -0.2) is 0 Å². The average Bonchev–Trinajstić information content (AvgIpc) is 2.19. The SMILES string of the molecule is CCC(O)COCC1CNCCO1. The van der Waals surface area contributed by atoms with Crippen LogP contribution in [0.2, 0.25) is 0 Å². The van der Waals surface area contributed by atoms with Crippen LogP contribution < -0.4 is 5.32 Å². The van der Waals surface area contributed by atoms with E-state index in [0.717, 1.165) is 26.1 Å². The van der Waals surface area contributed by atoms with Gasteiger partial charge in [-0.15, -0.1) is 0 Å². The van der Waals surface area contributed by atoms with E-state index in [1.807, 2.05) is 6.92 Å². The lowest BCUT2D eigenvalue weighted by Crippen LogP contribution is -2.41. The molecule has 1 heterocycles. The maximum absolute atomic E-state index is 9.21. The molecule has 0 amide bonds. The summed E-state index contributed by atoms with van der Waals surface area (Å²) in [6.07, 6.45) is 0.554. The second-order valence-corrected chi connectivity index (χ2v) is 3.30. The monoisotopic (exact) mass is 189 g/mol. The molecule has 0 aromatic heterocycles. The van der Waals surface area contributed by atoms with E-state index in [1.54, 1.807) is 0 Å². The summed E-state index contributed by atoms with van der Waals surface area (Å²) in [4.78, 5) is 0. The third-order valence-corrected chi connectivity index (χ3v) is 2.09. The van der Waals surface area contributed by atoms with E-state index >= 15 is 0 Å². The summed E-state index contributed by atoms with van der Waals surface area (Å²) in [5, 5.41) is 12.4. The molecule has 0 radical (unpaired) electrons. The van der Waals surface area contributed by atoms with Crippen LogP contribution in [0.4, 0.5) is 0 Å². The minimum absolute atomic E-state index is 0.151. The Labute approximate surface area is 79.2 Å². The summed E-state index contributed by atoms with van der Waals surface area (Å²) in [5.74, 6) is 0. The molecule has 13 heavy (non-hydrogen) atoms. The first-order chi connectivity index (χ1) is 6.33. The topological polar surface area (TPSA) is 50.7 Å². The van der Waals surface area contributed by atoms with E-state index in [9.17, 15) is 5.11 Å². The lowest BCUT2D eigenvalue weighted by atomic mass is 10.3. The highest BCUT2D eigenvalue weighted by molar-refractivity contribution is 4.66. The zero-order valence-corrected chi connectivity index (χ0v) is 8.16. The zero-order chi connectivity index (χ0) is 9.52. The van der Waals surface area contributed by atoms with Crippen molar-refractivity contribution in [1.29, 1.82) is 0 Å². The fourth-order valence-electron chi connectivity index (χ4n) is 1.18. The van der Waals surface area contributed by atoms with Crippen LogP contribution >= 0.6 is 0 Å². The van der Waals surface area contributed by atoms with Crippen molar-refractivity contribution in [2.45, 2.75) is 25.6 Å². The molecule has 0 aliphatic carbocycles. The molecule has 2 atom stereocenters. The van der Waals surface area contributed by atoms with Crippen LogP contribution in [0.3, 0.4) is 0 Å². The van der Waals surface area contributed by atoms with Crippen LogP contribution in [0, 0.1) is 0 Å². The molecule has 2 N–H and O–H groups in total. The molecule has 1 aliphatic heterocycles. The molecule has 1 rings (SSSR count). The van der Waals surface area contributed by atoms with Gasteiger partial charge < -0.3 is 19.9 Å². The van der Waals surface area contributed by atoms with Crippen LogP contribution in [0.5, 0.6) is 0 Å². The number of nitrogens with one attached hydrogen (secondary N) is 1. The summed E-state index contributed by atoms with van der Waals surface area (Å²) < 4.78 is 10.7. The van der Waals surface area contributed by atoms with Gasteiger partial charge in [0.2, 0.25) is 0 Å². The van der Waals surface area contributed by atoms with E-state index in [-0.39, 0.29) is 12.2 Å². The van der Waals surface area contributed by atoms with Gasteiger partial charge in [0.15, 0.2) is 0 Å². The second kappa shape index (κ2) is 6.32. The third-order valence-electron chi connectivity index (χ3n) is 2.09. The van der Waals surface area contributed by atoms with E-state index in [2.05, 4.69) is 5.32 Å². The highest BCUT2D eigenvalue weighted by Gasteiger charge is 2.13. The summed E-state index contributed by atoms with van der Waals surface area (Å²) in [6, 6.07) is 0. The number of ether oxygens (including phenoxy) is 2. The van der Waals surface area contributed by atoms with Crippen molar-refractivity contribution in [1.82, 2.24) is 5.32 Å². The minimum atomic E-state index is -0.337. The summed E-state index contributed by atoms with van der Waals surface area (Å²) in [6.45, 7) is 5.45. The molecule has 4 heteroatoms. The molecule has 0 spiro atoms. The third kappa shape index (κ3) is 4.57. The lowest BCUT2D eigenvalue weighted by molar-refractivity contribution is -0.0499. The van der Waals surface area contributed by atoms with Gasteiger partial charge in [0, 0.05) is 13.1 Å². The number of hydrogen-bond acceptors (Lipinski definition) is 4. The predicted molar refractivity (Wildman–Crippen MR) is 49.7 cm³/mol. The van der Waals surface area contributed by atoms with Gasteiger partial charge in [0.25, 0.3) is 0 Å². The molecule has 78 valence electrons. The quantitative estimate of drug-likeness (QED) is 0.627. The fourth-order valence-corrected chi connectivity index (χ4v) is 1.18. The van der Waals surface area contributed by atoms with Gasteiger partial charge in [0.1, 0.15) is 0 Å². The lowest BCUT2D eigenvalue weighted by Gasteiger charge is -2.23. The van der Waals surface area contributed by atoms with Crippen molar-refractivity contribution in [3.05, 3.63) is 0 Å². The molecular formula is C9H19NO3.